The van der Waals surface area contributed by atoms with Crippen molar-refractivity contribution in [2.75, 3.05) is 6.26 Å². The summed E-state index contributed by atoms with van der Waals surface area (Å²) in [6.45, 7) is 0. The number of imidazole rings is 1. The van der Waals surface area contributed by atoms with Crippen LogP contribution in [-0.4, -0.2) is 21.1 Å². The molecule has 0 saturated heterocycles. The Labute approximate surface area is 127 Å². The number of hydrogen-bond donors (Lipinski definition) is 0. The van der Waals surface area contributed by atoms with Crippen molar-refractivity contribution in [3.63, 3.8) is 0 Å². The Bertz CT molecular complexity index is 596. The molecule has 2 aromatic rings. The zero-order valence-electron chi connectivity index (χ0n) is 10.8. The predicted octanol–water partition coefficient (Wildman–Crippen LogP) is 4.89. The number of rotatable bonds is 3. The van der Waals surface area contributed by atoms with E-state index in [0.717, 1.165) is 21.9 Å². The fraction of sp³-hybridized carbons (Fsp3) is 0.500. The normalized spacial score (nSPS) is 23.3. The smallest absolute Gasteiger partial charge is 0.125 e. The van der Waals surface area contributed by atoms with Gasteiger partial charge in [0.2, 0.25) is 0 Å². The van der Waals surface area contributed by atoms with Crippen molar-refractivity contribution in [3.05, 3.63) is 29.0 Å². The molecule has 2 unspecified atom stereocenters. The van der Waals surface area contributed by atoms with Gasteiger partial charge in [-0.15, -0.1) is 11.6 Å². The molecule has 102 valence electrons. The highest BCUT2D eigenvalue weighted by atomic mass is 35.5. The lowest BCUT2D eigenvalue weighted by Gasteiger charge is -2.22. The zero-order chi connectivity index (χ0) is 13.4. The zero-order valence-corrected chi connectivity index (χ0v) is 13.1. The van der Waals surface area contributed by atoms with E-state index in [9.17, 15) is 0 Å². The molecule has 19 heavy (non-hydrogen) atoms. The lowest BCUT2D eigenvalue weighted by molar-refractivity contribution is 0.528. The summed E-state index contributed by atoms with van der Waals surface area (Å²) in [5, 5.41) is 1.41. The maximum atomic E-state index is 6.39. The minimum Gasteiger partial charge on any atom is -0.322 e. The third-order valence-electron chi connectivity index (χ3n) is 3.91. The average molecular weight is 315 g/mol. The average Bonchev–Trinajstić information content (AvgIpc) is 3.01. The fourth-order valence-electron chi connectivity index (χ4n) is 3.08. The molecule has 1 saturated carbocycles. The molecule has 5 heteroatoms. The minimum absolute atomic E-state index is 0.433. The second kappa shape index (κ2) is 5.55. The molecular weight excluding hydrogens is 299 g/mol. The van der Waals surface area contributed by atoms with Crippen LogP contribution in [-0.2, 0) is 5.88 Å². The van der Waals surface area contributed by atoms with E-state index < -0.39 is 0 Å². The first-order valence-electron chi connectivity index (χ1n) is 6.50. The van der Waals surface area contributed by atoms with Crippen LogP contribution in [0.3, 0.4) is 0 Å². The Morgan fingerprint density at radius 3 is 3.00 bits per heavy atom. The van der Waals surface area contributed by atoms with E-state index in [4.69, 9.17) is 23.2 Å². The summed E-state index contributed by atoms with van der Waals surface area (Å²) in [5.74, 6) is 1.37. The van der Waals surface area contributed by atoms with Crippen molar-refractivity contribution >= 4 is 46.0 Å². The van der Waals surface area contributed by atoms with E-state index in [2.05, 4.69) is 15.8 Å². The van der Waals surface area contributed by atoms with Gasteiger partial charge >= 0.3 is 0 Å². The SMILES string of the molecule is CSC1CCCC1n1c(CCl)nc2cccc(Cl)c21. The molecule has 1 aliphatic carbocycles. The molecule has 0 aliphatic heterocycles. The van der Waals surface area contributed by atoms with Crippen molar-refractivity contribution < 1.29 is 0 Å². The number of thioether (sulfide) groups is 1. The van der Waals surface area contributed by atoms with Gasteiger partial charge in [0.05, 0.1) is 21.9 Å². The van der Waals surface area contributed by atoms with E-state index in [1.54, 1.807) is 0 Å². The van der Waals surface area contributed by atoms with Crippen LogP contribution in [0, 0.1) is 0 Å². The van der Waals surface area contributed by atoms with Gasteiger partial charge in [0.25, 0.3) is 0 Å². The van der Waals surface area contributed by atoms with Gasteiger partial charge in [-0.25, -0.2) is 4.98 Å². The van der Waals surface area contributed by atoms with Crippen LogP contribution < -0.4 is 0 Å². The first-order valence-corrected chi connectivity index (χ1v) is 8.70. The number of aromatic nitrogens is 2. The summed E-state index contributed by atoms with van der Waals surface area (Å²) in [4.78, 5) is 4.64. The molecule has 1 aliphatic rings. The summed E-state index contributed by atoms with van der Waals surface area (Å²) in [7, 11) is 0. The van der Waals surface area contributed by atoms with Crippen molar-refractivity contribution in [2.24, 2.45) is 0 Å². The lowest BCUT2D eigenvalue weighted by atomic mass is 10.2. The number of hydrogen-bond acceptors (Lipinski definition) is 2. The van der Waals surface area contributed by atoms with Crippen LogP contribution in [0.15, 0.2) is 18.2 Å². The van der Waals surface area contributed by atoms with Gasteiger partial charge in [-0.2, -0.15) is 11.8 Å². The fourth-order valence-corrected chi connectivity index (χ4v) is 4.51. The van der Waals surface area contributed by atoms with Crippen LogP contribution in [0.5, 0.6) is 0 Å². The highest BCUT2D eigenvalue weighted by Gasteiger charge is 2.31. The highest BCUT2D eigenvalue weighted by molar-refractivity contribution is 7.99. The minimum atomic E-state index is 0.433. The monoisotopic (exact) mass is 314 g/mol. The number of benzene rings is 1. The van der Waals surface area contributed by atoms with E-state index in [1.807, 2.05) is 30.0 Å². The van der Waals surface area contributed by atoms with Gasteiger partial charge in [-0.3, -0.25) is 0 Å². The van der Waals surface area contributed by atoms with Gasteiger partial charge in [-0.1, -0.05) is 24.1 Å². The molecule has 0 N–H and O–H groups in total. The largest absolute Gasteiger partial charge is 0.322 e. The number of alkyl halides is 1. The third kappa shape index (κ3) is 2.26. The summed E-state index contributed by atoms with van der Waals surface area (Å²) in [6.07, 6.45) is 5.90. The van der Waals surface area contributed by atoms with Crippen LogP contribution in [0.2, 0.25) is 5.02 Å². The second-order valence-electron chi connectivity index (χ2n) is 4.91. The van der Waals surface area contributed by atoms with E-state index in [0.29, 0.717) is 17.2 Å². The first-order chi connectivity index (χ1) is 9.26. The Morgan fingerprint density at radius 1 is 1.42 bits per heavy atom. The molecule has 0 bridgehead atoms. The standard InChI is InChI=1S/C14H16Cl2N2S/c1-19-12-7-3-6-11(12)18-13(8-15)17-10-5-2-4-9(16)14(10)18/h2,4-5,11-12H,3,6-8H2,1H3. The number of para-hydroxylation sites is 1. The molecule has 0 spiro atoms. The molecule has 1 aromatic heterocycles. The molecule has 1 fully saturated rings. The molecule has 2 nitrogen and oxygen atoms in total. The Kier molecular flexibility index (Phi) is 3.97. The topological polar surface area (TPSA) is 17.8 Å². The van der Waals surface area contributed by atoms with Gasteiger partial charge in [-0.05, 0) is 31.2 Å². The molecule has 3 rings (SSSR count). The highest BCUT2D eigenvalue weighted by Crippen LogP contribution is 2.41. The van der Waals surface area contributed by atoms with Gasteiger partial charge in [0.1, 0.15) is 5.82 Å². The van der Waals surface area contributed by atoms with E-state index >= 15 is 0 Å². The molecule has 0 radical (unpaired) electrons. The van der Waals surface area contributed by atoms with Crippen LogP contribution in [0.1, 0.15) is 31.1 Å². The van der Waals surface area contributed by atoms with E-state index in [1.165, 1.54) is 19.3 Å². The van der Waals surface area contributed by atoms with Crippen LogP contribution >= 0.6 is 35.0 Å². The molecule has 1 aromatic carbocycles. The number of fused-ring (bicyclic) bond motifs is 1. The molecule has 1 heterocycles. The van der Waals surface area contributed by atoms with Crippen molar-refractivity contribution in [2.45, 2.75) is 36.4 Å². The summed E-state index contributed by atoms with van der Waals surface area (Å²) >= 11 is 14.4. The van der Waals surface area contributed by atoms with Gasteiger partial charge < -0.3 is 4.57 Å². The predicted molar refractivity (Wildman–Crippen MR) is 84.5 cm³/mol. The Hall–Kier alpha value is -0.380. The second-order valence-corrected chi connectivity index (χ2v) is 6.66. The van der Waals surface area contributed by atoms with E-state index in [-0.39, 0.29) is 0 Å². The summed E-state index contributed by atoms with van der Waals surface area (Å²) in [6, 6.07) is 6.36. The molecular formula is C14H16Cl2N2S. The van der Waals surface area contributed by atoms with Gasteiger partial charge in [0, 0.05) is 11.3 Å². The van der Waals surface area contributed by atoms with Crippen molar-refractivity contribution in [1.29, 1.82) is 0 Å². The maximum Gasteiger partial charge on any atom is 0.125 e. The lowest BCUT2D eigenvalue weighted by Crippen LogP contribution is -2.17. The van der Waals surface area contributed by atoms with Crippen molar-refractivity contribution in [3.8, 4) is 0 Å². The third-order valence-corrected chi connectivity index (χ3v) is 5.60. The number of nitrogens with zero attached hydrogens (tertiary/aromatic N) is 2. The molecule has 2 atom stereocenters. The first kappa shape index (κ1) is 13.6. The quantitative estimate of drug-likeness (QED) is 0.751. The maximum absolute atomic E-state index is 6.39. The number of halogens is 2. The van der Waals surface area contributed by atoms with Crippen molar-refractivity contribution in [1.82, 2.24) is 9.55 Å². The Morgan fingerprint density at radius 2 is 2.26 bits per heavy atom. The van der Waals surface area contributed by atoms with Crippen LogP contribution in [0.4, 0.5) is 0 Å². The molecule has 0 amide bonds. The van der Waals surface area contributed by atoms with Crippen LogP contribution in [0.25, 0.3) is 11.0 Å². The Balaban J connectivity index is 2.20. The summed E-state index contributed by atoms with van der Waals surface area (Å²) in [5.41, 5.74) is 2.00. The summed E-state index contributed by atoms with van der Waals surface area (Å²) < 4.78 is 2.29. The van der Waals surface area contributed by atoms with Gasteiger partial charge in [0.15, 0.2) is 0 Å².